The van der Waals surface area contributed by atoms with Gasteiger partial charge in [-0.25, -0.2) is 0 Å². The number of carbonyl (C=O) groups excluding carboxylic acids is 1. The van der Waals surface area contributed by atoms with Crippen LogP contribution < -0.4 is 10.1 Å². The summed E-state index contributed by atoms with van der Waals surface area (Å²) < 4.78 is 5.86. The average Bonchev–Trinajstić information content (AvgIpc) is 3.07. The summed E-state index contributed by atoms with van der Waals surface area (Å²) in [5.41, 5.74) is 5.02. The van der Waals surface area contributed by atoms with E-state index in [9.17, 15) is 4.79 Å². The van der Waals surface area contributed by atoms with Gasteiger partial charge in [0, 0.05) is 18.2 Å². The van der Waals surface area contributed by atoms with Gasteiger partial charge < -0.3 is 10.1 Å². The molecule has 0 spiro atoms. The maximum Gasteiger partial charge on any atom is 0.251 e. The number of hydrogen-bond donors (Lipinski definition) is 1. The minimum Gasteiger partial charge on any atom is -0.493 e. The molecule has 3 aliphatic rings. The summed E-state index contributed by atoms with van der Waals surface area (Å²) in [6.07, 6.45) is 12.3. The summed E-state index contributed by atoms with van der Waals surface area (Å²) in [5.74, 6) is 1.60. The molecule has 0 bridgehead atoms. The molecule has 5 rings (SSSR count). The number of hydrogen-bond acceptors (Lipinski definition) is 3. The lowest BCUT2D eigenvalue weighted by Gasteiger charge is -2.27. The zero-order valence-corrected chi connectivity index (χ0v) is 19.9. The molecule has 1 heterocycles. The number of nitrogens with one attached hydrogen (secondary N) is 1. The number of amides is 1. The molecule has 2 aromatic rings. The van der Waals surface area contributed by atoms with E-state index in [1.54, 1.807) is 0 Å². The Morgan fingerprint density at radius 2 is 1.70 bits per heavy atom. The van der Waals surface area contributed by atoms with Crippen LogP contribution in [0.4, 0.5) is 0 Å². The summed E-state index contributed by atoms with van der Waals surface area (Å²) in [5, 5.41) is 3.26. The van der Waals surface area contributed by atoms with Crippen molar-refractivity contribution >= 4 is 5.91 Å². The third-order valence-corrected chi connectivity index (χ3v) is 7.77. The monoisotopic (exact) mass is 446 g/mol. The first-order chi connectivity index (χ1) is 16.2. The van der Waals surface area contributed by atoms with Crippen LogP contribution in [-0.4, -0.2) is 36.5 Å². The number of rotatable bonds is 7. The molecule has 1 unspecified atom stereocenters. The summed E-state index contributed by atoms with van der Waals surface area (Å²) >= 11 is 0. The molecule has 1 atom stereocenters. The summed E-state index contributed by atoms with van der Waals surface area (Å²) in [7, 11) is 0. The highest BCUT2D eigenvalue weighted by Gasteiger charge is 2.22. The SMILES string of the molecule is O=C(NC1CCc2cc(CN3CCCCCC3)ccc2C1)c1ccc(OCC2CCC2)cc1. The van der Waals surface area contributed by atoms with E-state index >= 15 is 0 Å². The minimum atomic E-state index is 0.0202. The zero-order chi connectivity index (χ0) is 22.5. The van der Waals surface area contributed by atoms with E-state index < -0.39 is 0 Å². The Bertz CT molecular complexity index is 927. The van der Waals surface area contributed by atoms with E-state index in [0.717, 1.165) is 38.2 Å². The predicted molar refractivity (Wildman–Crippen MR) is 133 cm³/mol. The van der Waals surface area contributed by atoms with Crippen LogP contribution in [0.3, 0.4) is 0 Å². The lowest BCUT2D eigenvalue weighted by atomic mass is 9.86. The fraction of sp³-hybridized carbons (Fsp3) is 0.552. The highest BCUT2D eigenvalue weighted by Crippen LogP contribution is 2.27. The number of aryl methyl sites for hydroxylation is 1. The number of ether oxygens (including phenoxy) is 1. The van der Waals surface area contributed by atoms with Crippen LogP contribution in [0.2, 0.25) is 0 Å². The number of nitrogens with zero attached hydrogens (tertiary/aromatic N) is 1. The maximum atomic E-state index is 12.8. The molecule has 1 N–H and O–H groups in total. The summed E-state index contributed by atoms with van der Waals surface area (Å²) in [6, 6.07) is 14.8. The van der Waals surface area contributed by atoms with E-state index in [1.165, 1.54) is 74.7 Å². The number of benzene rings is 2. The van der Waals surface area contributed by atoms with E-state index in [2.05, 4.69) is 28.4 Å². The van der Waals surface area contributed by atoms with Crippen LogP contribution in [-0.2, 0) is 19.4 Å². The Morgan fingerprint density at radius 1 is 0.909 bits per heavy atom. The fourth-order valence-electron chi connectivity index (χ4n) is 5.43. The smallest absolute Gasteiger partial charge is 0.251 e. The molecule has 4 heteroatoms. The van der Waals surface area contributed by atoms with Crippen LogP contribution >= 0.6 is 0 Å². The van der Waals surface area contributed by atoms with Crippen molar-refractivity contribution in [2.75, 3.05) is 19.7 Å². The van der Waals surface area contributed by atoms with Gasteiger partial charge >= 0.3 is 0 Å². The van der Waals surface area contributed by atoms with Crippen LogP contribution in [0.1, 0.15) is 78.4 Å². The molecule has 4 nitrogen and oxygen atoms in total. The molecule has 1 saturated heterocycles. The van der Waals surface area contributed by atoms with Crippen molar-refractivity contribution < 1.29 is 9.53 Å². The third kappa shape index (κ3) is 5.97. The highest BCUT2D eigenvalue weighted by molar-refractivity contribution is 5.94. The predicted octanol–water partition coefficient (Wildman–Crippen LogP) is 5.53. The molecule has 0 aromatic heterocycles. The number of carbonyl (C=O) groups is 1. The standard InChI is InChI=1S/C29H38N2O2/c32-29(24-11-14-28(15-12-24)33-21-22-6-5-7-22)30-27-13-10-25-18-23(8-9-26(25)19-27)20-31-16-3-1-2-4-17-31/h8-9,11-12,14-15,18,22,27H,1-7,10,13,16-17,19-21H2,(H,30,32). The topological polar surface area (TPSA) is 41.6 Å². The van der Waals surface area contributed by atoms with Gasteiger partial charge in [-0.1, -0.05) is 37.5 Å². The molecule has 2 aromatic carbocycles. The highest BCUT2D eigenvalue weighted by atomic mass is 16.5. The largest absolute Gasteiger partial charge is 0.493 e. The second-order valence-corrected chi connectivity index (χ2v) is 10.3. The molecular formula is C29H38N2O2. The van der Waals surface area contributed by atoms with Gasteiger partial charge in [0.25, 0.3) is 5.91 Å². The molecule has 1 saturated carbocycles. The van der Waals surface area contributed by atoms with Gasteiger partial charge in [0.05, 0.1) is 6.61 Å². The van der Waals surface area contributed by atoms with Crippen molar-refractivity contribution in [1.82, 2.24) is 10.2 Å². The number of likely N-dealkylation sites (tertiary alicyclic amines) is 1. The molecule has 0 radical (unpaired) electrons. The molecule has 1 aliphatic heterocycles. The minimum absolute atomic E-state index is 0.0202. The van der Waals surface area contributed by atoms with Crippen molar-refractivity contribution in [3.63, 3.8) is 0 Å². The Kier molecular flexibility index (Phi) is 7.30. The summed E-state index contributed by atoms with van der Waals surface area (Å²) in [6.45, 7) is 4.35. The van der Waals surface area contributed by atoms with Crippen LogP contribution in [0.5, 0.6) is 5.75 Å². The lowest BCUT2D eigenvalue weighted by Crippen LogP contribution is -2.38. The van der Waals surface area contributed by atoms with Crippen molar-refractivity contribution in [3.05, 3.63) is 64.7 Å². The van der Waals surface area contributed by atoms with E-state index in [-0.39, 0.29) is 11.9 Å². The van der Waals surface area contributed by atoms with Gasteiger partial charge in [-0.15, -0.1) is 0 Å². The lowest BCUT2D eigenvalue weighted by molar-refractivity contribution is 0.0933. The van der Waals surface area contributed by atoms with Crippen LogP contribution in [0, 0.1) is 5.92 Å². The average molecular weight is 447 g/mol. The van der Waals surface area contributed by atoms with E-state index in [0.29, 0.717) is 11.5 Å². The van der Waals surface area contributed by atoms with Gasteiger partial charge in [0.15, 0.2) is 0 Å². The van der Waals surface area contributed by atoms with Gasteiger partial charge in [0.1, 0.15) is 5.75 Å². The molecule has 33 heavy (non-hydrogen) atoms. The molecule has 176 valence electrons. The molecule has 2 fully saturated rings. The normalized spacial score (nSPS) is 21.5. The fourth-order valence-corrected chi connectivity index (χ4v) is 5.43. The second kappa shape index (κ2) is 10.7. The van der Waals surface area contributed by atoms with Gasteiger partial charge in [0.2, 0.25) is 0 Å². The molecule has 2 aliphatic carbocycles. The summed E-state index contributed by atoms with van der Waals surface area (Å²) in [4.78, 5) is 15.4. The first-order valence-electron chi connectivity index (χ1n) is 13.1. The maximum absolute atomic E-state index is 12.8. The van der Waals surface area contributed by atoms with Crippen molar-refractivity contribution in [2.45, 2.75) is 76.8 Å². The quantitative estimate of drug-likeness (QED) is 0.608. The van der Waals surface area contributed by atoms with Gasteiger partial charge in [-0.3, -0.25) is 9.69 Å². The van der Waals surface area contributed by atoms with Gasteiger partial charge in [-0.05, 0) is 105 Å². The molecular weight excluding hydrogens is 408 g/mol. The Hall–Kier alpha value is -2.33. The Labute approximate surface area is 198 Å². The second-order valence-electron chi connectivity index (χ2n) is 10.3. The first kappa shape index (κ1) is 22.5. The third-order valence-electron chi connectivity index (χ3n) is 7.77. The van der Waals surface area contributed by atoms with Crippen molar-refractivity contribution in [3.8, 4) is 5.75 Å². The van der Waals surface area contributed by atoms with Crippen molar-refractivity contribution in [1.29, 1.82) is 0 Å². The van der Waals surface area contributed by atoms with E-state index in [1.807, 2.05) is 24.3 Å². The van der Waals surface area contributed by atoms with Crippen LogP contribution in [0.15, 0.2) is 42.5 Å². The first-order valence-corrected chi connectivity index (χ1v) is 13.1. The van der Waals surface area contributed by atoms with E-state index in [4.69, 9.17) is 4.74 Å². The molecule has 1 amide bonds. The van der Waals surface area contributed by atoms with Crippen LogP contribution in [0.25, 0.3) is 0 Å². The zero-order valence-electron chi connectivity index (χ0n) is 19.9. The van der Waals surface area contributed by atoms with Crippen molar-refractivity contribution in [2.24, 2.45) is 5.92 Å². The number of fused-ring (bicyclic) bond motifs is 1. The van der Waals surface area contributed by atoms with Gasteiger partial charge in [-0.2, -0.15) is 0 Å². The Morgan fingerprint density at radius 3 is 2.42 bits per heavy atom. The Balaban J connectivity index is 1.12.